The lowest BCUT2D eigenvalue weighted by Crippen LogP contribution is -2.37. The lowest BCUT2D eigenvalue weighted by molar-refractivity contribution is -0.0491. The van der Waals surface area contributed by atoms with E-state index in [-0.39, 0.29) is 6.04 Å². The molecule has 0 amide bonds. The van der Waals surface area contributed by atoms with Gasteiger partial charge in [0.2, 0.25) is 0 Å². The van der Waals surface area contributed by atoms with Gasteiger partial charge in [0.15, 0.2) is 0 Å². The number of nitrogens with one attached hydrogen (secondary N) is 1. The standard InChI is InChI=1S/C13H19F2NO3/c1-9(16-7-13(14,15)8-17)11-5-4-10(18-2)6-12(11)19-3/h4-6,9,16-17H,7-8H2,1-3H3. The van der Waals surface area contributed by atoms with E-state index in [1.54, 1.807) is 25.1 Å². The zero-order chi connectivity index (χ0) is 14.5. The van der Waals surface area contributed by atoms with Crippen LogP contribution in [-0.4, -0.2) is 38.4 Å². The summed E-state index contributed by atoms with van der Waals surface area (Å²) in [6, 6.07) is 4.85. The van der Waals surface area contributed by atoms with Gasteiger partial charge in [-0.1, -0.05) is 6.07 Å². The van der Waals surface area contributed by atoms with Crippen LogP contribution in [0.5, 0.6) is 11.5 Å². The highest BCUT2D eigenvalue weighted by molar-refractivity contribution is 5.42. The van der Waals surface area contributed by atoms with Crippen molar-refractivity contribution in [1.82, 2.24) is 5.32 Å². The van der Waals surface area contributed by atoms with Crippen LogP contribution >= 0.6 is 0 Å². The average molecular weight is 275 g/mol. The first-order chi connectivity index (χ1) is 8.93. The fourth-order valence-electron chi connectivity index (χ4n) is 1.64. The Bertz CT molecular complexity index is 413. The Kier molecular flexibility index (Phi) is 5.50. The summed E-state index contributed by atoms with van der Waals surface area (Å²) in [6.45, 7) is -0.0237. The number of ether oxygens (including phenoxy) is 2. The number of benzene rings is 1. The van der Waals surface area contributed by atoms with E-state index in [0.29, 0.717) is 11.5 Å². The minimum Gasteiger partial charge on any atom is -0.497 e. The van der Waals surface area contributed by atoms with Crippen molar-refractivity contribution in [2.24, 2.45) is 0 Å². The summed E-state index contributed by atoms with van der Waals surface area (Å²) in [5.41, 5.74) is 0.747. The van der Waals surface area contributed by atoms with Crippen LogP contribution < -0.4 is 14.8 Å². The topological polar surface area (TPSA) is 50.7 Å². The van der Waals surface area contributed by atoms with Gasteiger partial charge in [-0.2, -0.15) is 0 Å². The van der Waals surface area contributed by atoms with Gasteiger partial charge in [-0.15, -0.1) is 0 Å². The lowest BCUT2D eigenvalue weighted by atomic mass is 10.1. The molecule has 0 bridgehead atoms. The number of methoxy groups -OCH3 is 2. The normalized spacial score (nSPS) is 13.2. The number of aliphatic hydroxyl groups is 1. The van der Waals surface area contributed by atoms with Crippen LogP contribution in [0.15, 0.2) is 18.2 Å². The smallest absolute Gasteiger partial charge is 0.282 e. The number of aliphatic hydroxyl groups excluding tert-OH is 1. The van der Waals surface area contributed by atoms with Crippen molar-refractivity contribution in [1.29, 1.82) is 0 Å². The van der Waals surface area contributed by atoms with Crippen molar-refractivity contribution in [3.63, 3.8) is 0 Å². The molecule has 0 spiro atoms. The predicted molar refractivity (Wildman–Crippen MR) is 68.0 cm³/mol. The van der Waals surface area contributed by atoms with Crippen molar-refractivity contribution in [2.75, 3.05) is 27.4 Å². The van der Waals surface area contributed by atoms with E-state index >= 15 is 0 Å². The fraction of sp³-hybridized carbons (Fsp3) is 0.538. The first kappa shape index (κ1) is 15.7. The maximum Gasteiger partial charge on any atom is 0.282 e. The van der Waals surface area contributed by atoms with Crippen molar-refractivity contribution in [3.8, 4) is 11.5 Å². The zero-order valence-corrected chi connectivity index (χ0v) is 11.2. The molecule has 2 N–H and O–H groups in total. The summed E-state index contributed by atoms with van der Waals surface area (Å²) < 4.78 is 36.2. The Morgan fingerprint density at radius 1 is 1.32 bits per heavy atom. The number of hydrogen-bond acceptors (Lipinski definition) is 4. The van der Waals surface area contributed by atoms with Gasteiger partial charge in [0.1, 0.15) is 18.1 Å². The third-order valence-corrected chi connectivity index (χ3v) is 2.81. The van der Waals surface area contributed by atoms with Gasteiger partial charge < -0.3 is 19.9 Å². The summed E-state index contributed by atoms with van der Waals surface area (Å²) in [6.07, 6.45) is 0. The molecular weight excluding hydrogens is 256 g/mol. The van der Waals surface area contributed by atoms with E-state index < -0.39 is 19.1 Å². The van der Waals surface area contributed by atoms with Crippen molar-refractivity contribution in [3.05, 3.63) is 23.8 Å². The van der Waals surface area contributed by atoms with Crippen LogP contribution in [0.2, 0.25) is 0 Å². The molecule has 6 heteroatoms. The minimum absolute atomic E-state index is 0.335. The molecule has 0 aromatic heterocycles. The molecule has 0 saturated carbocycles. The zero-order valence-electron chi connectivity index (χ0n) is 11.2. The molecule has 0 aliphatic rings. The third-order valence-electron chi connectivity index (χ3n) is 2.81. The molecule has 108 valence electrons. The maximum atomic E-state index is 13.0. The first-order valence-corrected chi connectivity index (χ1v) is 5.87. The Morgan fingerprint density at radius 3 is 2.53 bits per heavy atom. The predicted octanol–water partition coefficient (Wildman–Crippen LogP) is 1.98. The van der Waals surface area contributed by atoms with E-state index in [1.165, 1.54) is 14.2 Å². The quantitative estimate of drug-likeness (QED) is 0.799. The third kappa shape index (κ3) is 4.33. The van der Waals surface area contributed by atoms with Gasteiger partial charge >= 0.3 is 0 Å². The number of halogens is 2. The van der Waals surface area contributed by atoms with Crippen LogP contribution in [0.25, 0.3) is 0 Å². The van der Waals surface area contributed by atoms with Crippen LogP contribution in [-0.2, 0) is 0 Å². The summed E-state index contributed by atoms with van der Waals surface area (Å²) in [4.78, 5) is 0. The van der Waals surface area contributed by atoms with E-state index in [4.69, 9.17) is 14.6 Å². The van der Waals surface area contributed by atoms with Crippen molar-refractivity contribution < 1.29 is 23.4 Å². The molecule has 1 atom stereocenters. The molecule has 0 aliphatic heterocycles. The van der Waals surface area contributed by atoms with Crippen LogP contribution in [0.3, 0.4) is 0 Å². The first-order valence-electron chi connectivity index (χ1n) is 5.87. The van der Waals surface area contributed by atoms with E-state index in [2.05, 4.69) is 5.32 Å². The maximum absolute atomic E-state index is 13.0. The monoisotopic (exact) mass is 275 g/mol. The molecule has 19 heavy (non-hydrogen) atoms. The van der Waals surface area contributed by atoms with Gasteiger partial charge in [0, 0.05) is 17.7 Å². The molecule has 4 nitrogen and oxygen atoms in total. The van der Waals surface area contributed by atoms with E-state index in [9.17, 15) is 8.78 Å². The highest BCUT2D eigenvalue weighted by atomic mass is 19.3. The van der Waals surface area contributed by atoms with Crippen LogP contribution in [0, 0.1) is 0 Å². The number of rotatable bonds is 7. The Hall–Kier alpha value is -1.40. The second-order valence-electron chi connectivity index (χ2n) is 4.22. The van der Waals surface area contributed by atoms with Crippen molar-refractivity contribution in [2.45, 2.75) is 18.9 Å². The van der Waals surface area contributed by atoms with Gasteiger partial charge in [-0.25, -0.2) is 8.78 Å². The molecule has 0 aliphatic carbocycles. The SMILES string of the molecule is COc1ccc(C(C)NCC(F)(F)CO)c(OC)c1. The molecular formula is C13H19F2NO3. The van der Waals surface area contributed by atoms with E-state index in [1.807, 2.05) is 0 Å². The molecule has 0 heterocycles. The summed E-state index contributed by atoms with van der Waals surface area (Å²) in [5, 5.41) is 11.2. The van der Waals surface area contributed by atoms with Gasteiger partial charge in [-0.05, 0) is 13.0 Å². The molecule has 0 radical (unpaired) electrons. The van der Waals surface area contributed by atoms with E-state index in [0.717, 1.165) is 5.56 Å². The molecule has 1 aromatic rings. The molecule has 1 rings (SSSR count). The average Bonchev–Trinajstić information content (AvgIpc) is 2.44. The van der Waals surface area contributed by atoms with Gasteiger partial charge in [0.05, 0.1) is 20.8 Å². The summed E-state index contributed by atoms with van der Waals surface area (Å²) >= 11 is 0. The highest BCUT2D eigenvalue weighted by Crippen LogP contribution is 2.29. The Balaban J connectivity index is 2.79. The van der Waals surface area contributed by atoms with Crippen molar-refractivity contribution >= 4 is 0 Å². The summed E-state index contributed by atoms with van der Waals surface area (Å²) in [7, 11) is 3.05. The van der Waals surface area contributed by atoms with Crippen LogP contribution in [0.1, 0.15) is 18.5 Å². The lowest BCUT2D eigenvalue weighted by Gasteiger charge is -2.21. The minimum atomic E-state index is -3.13. The highest BCUT2D eigenvalue weighted by Gasteiger charge is 2.28. The van der Waals surface area contributed by atoms with Crippen LogP contribution in [0.4, 0.5) is 8.78 Å². The Morgan fingerprint density at radius 2 is 2.00 bits per heavy atom. The number of alkyl halides is 2. The molecule has 0 saturated heterocycles. The Labute approximate surface area is 111 Å². The second kappa shape index (κ2) is 6.68. The fourth-order valence-corrected chi connectivity index (χ4v) is 1.64. The molecule has 1 aromatic carbocycles. The largest absolute Gasteiger partial charge is 0.497 e. The summed E-state index contributed by atoms with van der Waals surface area (Å²) in [5.74, 6) is -1.94. The van der Waals surface area contributed by atoms with Gasteiger partial charge in [0.25, 0.3) is 5.92 Å². The second-order valence-corrected chi connectivity index (χ2v) is 4.22. The molecule has 0 fully saturated rings. The number of hydrogen-bond donors (Lipinski definition) is 2. The van der Waals surface area contributed by atoms with Gasteiger partial charge in [-0.3, -0.25) is 0 Å². The molecule has 1 unspecified atom stereocenters.